The maximum absolute atomic E-state index is 12.8. The Morgan fingerprint density at radius 3 is 2.62 bits per heavy atom. The van der Waals surface area contributed by atoms with Crippen molar-refractivity contribution in [1.29, 1.82) is 0 Å². The van der Waals surface area contributed by atoms with Gasteiger partial charge in [-0.1, -0.05) is 19.9 Å². The van der Waals surface area contributed by atoms with Gasteiger partial charge in [-0.2, -0.15) is 9.50 Å². The average molecular weight is 417 g/mol. The fraction of sp³-hybridized carbons (Fsp3) is 0.421. The number of hydrogen-bond donors (Lipinski definition) is 2. The molecule has 0 saturated heterocycles. The maximum Gasteiger partial charge on any atom is 0.408 e. The fourth-order valence-electron chi connectivity index (χ4n) is 2.62. The lowest BCUT2D eigenvalue weighted by atomic mass is 10.0. The Kier molecular flexibility index (Phi) is 5.83. The topological polar surface area (TPSA) is 111 Å². The lowest BCUT2D eigenvalue weighted by Gasteiger charge is -2.24. The summed E-state index contributed by atoms with van der Waals surface area (Å²) < 4.78 is 6.83. The molecule has 2 N–H and O–H groups in total. The summed E-state index contributed by atoms with van der Waals surface area (Å²) in [6.07, 6.45) is 0.988. The molecule has 0 aromatic carbocycles. The molecular formula is C19H24N6O3S. The number of carbonyl (C=O) groups is 2. The number of hydrogen-bond acceptors (Lipinski definition) is 7. The van der Waals surface area contributed by atoms with E-state index in [0.29, 0.717) is 5.78 Å². The van der Waals surface area contributed by atoms with Crippen LogP contribution in [0.2, 0.25) is 0 Å². The number of thiophene rings is 1. The molecule has 3 aromatic rings. The smallest absolute Gasteiger partial charge is 0.408 e. The Hall–Kier alpha value is -3.01. The third-order valence-electron chi connectivity index (χ3n) is 3.87. The van der Waals surface area contributed by atoms with E-state index in [9.17, 15) is 9.59 Å². The first-order chi connectivity index (χ1) is 13.6. The number of fused-ring (bicyclic) bond motifs is 1. The van der Waals surface area contributed by atoms with E-state index in [1.54, 1.807) is 42.8 Å². The van der Waals surface area contributed by atoms with Gasteiger partial charge in [-0.3, -0.25) is 10.1 Å². The minimum absolute atomic E-state index is 0.114. The van der Waals surface area contributed by atoms with Crippen molar-refractivity contribution in [2.24, 2.45) is 5.92 Å². The maximum atomic E-state index is 12.8. The van der Waals surface area contributed by atoms with Gasteiger partial charge in [-0.15, -0.1) is 16.4 Å². The Morgan fingerprint density at radius 1 is 1.24 bits per heavy atom. The van der Waals surface area contributed by atoms with Crippen molar-refractivity contribution in [3.63, 3.8) is 0 Å². The predicted octanol–water partition coefficient (Wildman–Crippen LogP) is 3.34. The van der Waals surface area contributed by atoms with Crippen molar-refractivity contribution in [3.05, 3.63) is 29.8 Å². The molecule has 1 atom stereocenters. The molecule has 3 heterocycles. The Morgan fingerprint density at radius 2 is 2.00 bits per heavy atom. The van der Waals surface area contributed by atoms with Crippen LogP contribution < -0.4 is 10.6 Å². The summed E-state index contributed by atoms with van der Waals surface area (Å²) in [5.74, 6) is -0.116. The highest BCUT2D eigenvalue weighted by Crippen LogP contribution is 2.24. The van der Waals surface area contributed by atoms with Gasteiger partial charge < -0.3 is 10.1 Å². The standard InChI is InChI=1S/C19H24N6O3S/c1-11(2)14(21-18(27)28-19(3,4)5)15(26)22-16-23-17-20-9-8-12(25(17)24-16)13-7-6-10-29-13/h6-11,14H,1-5H3,(H,21,27)(H,22,24,26). The highest BCUT2D eigenvalue weighted by Gasteiger charge is 2.28. The molecule has 29 heavy (non-hydrogen) atoms. The van der Waals surface area contributed by atoms with Gasteiger partial charge in [-0.05, 0) is 44.2 Å². The number of rotatable bonds is 5. The molecule has 154 valence electrons. The molecule has 0 fully saturated rings. The molecule has 3 rings (SSSR count). The van der Waals surface area contributed by atoms with Crippen LogP contribution in [-0.4, -0.2) is 43.2 Å². The molecule has 3 aromatic heterocycles. The predicted molar refractivity (Wildman–Crippen MR) is 111 cm³/mol. The van der Waals surface area contributed by atoms with E-state index in [2.05, 4.69) is 25.7 Å². The van der Waals surface area contributed by atoms with Crippen LogP contribution in [0.5, 0.6) is 0 Å². The minimum Gasteiger partial charge on any atom is -0.444 e. The number of nitrogens with one attached hydrogen (secondary N) is 2. The third kappa shape index (κ3) is 5.08. The van der Waals surface area contributed by atoms with E-state index in [-0.39, 0.29) is 11.9 Å². The highest BCUT2D eigenvalue weighted by molar-refractivity contribution is 7.13. The Labute approximate surface area is 172 Å². The quantitative estimate of drug-likeness (QED) is 0.660. The first kappa shape index (κ1) is 20.7. The second-order valence-electron chi connectivity index (χ2n) is 7.81. The van der Waals surface area contributed by atoms with E-state index in [1.165, 1.54) is 0 Å². The van der Waals surface area contributed by atoms with Crippen molar-refractivity contribution in [3.8, 4) is 10.6 Å². The number of anilines is 1. The Bertz CT molecular complexity index is 1010. The molecule has 1 unspecified atom stereocenters. The summed E-state index contributed by atoms with van der Waals surface area (Å²) in [4.78, 5) is 34.3. The number of ether oxygens (including phenoxy) is 1. The monoisotopic (exact) mass is 416 g/mol. The van der Waals surface area contributed by atoms with Crippen LogP contribution in [0.25, 0.3) is 16.3 Å². The average Bonchev–Trinajstić information content (AvgIpc) is 3.26. The summed E-state index contributed by atoms with van der Waals surface area (Å²) in [7, 11) is 0. The van der Waals surface area contributed by atoms with Gasteiger partial charge in [0.15, 0.2) is 0 Å². The van der Waals surface area contributed by atoms with Gasteiger partial charge in [0.25, 0.3) is 11.7 Å². The molecule has 0 bridgehead atoms. The second-order valence-corrected chi connectivity index (χ2v) is 8.76. The number of alkyl carbamates (subject to hydrolysis) is 1. The molecule has 9 nitrogen and oxygen atoms in total. The molecule has 10 heteroatoms. The van der Waals surface area contributed by atoms with Gasteiger partial charge >= 0.3 is 6.09 Å². The molecule has 0 aliphatic heterocycles. The summed E-state index contributed by atoms with van der Waals surface area (Å²) in [5, 5.41) is 11.6. The van der Waals surface area contributed by atoms with E-state index < -0.39 is 23.6 Å². The van der Waals surface area contributed by atoms with Crippen molar-refractivity contribution in [2.75, 3.05) is 5.32 Å². The van der Waals surface area contributed by atoms with Crippen molar-refractivity contribution in [2.45, 2.75) is 46.3 Å². The summed E-state index contributed by atoms with van der Waals surface area (Å²) >= 11 is 1.57. The summed E-state index contributed by atoms with van der Waals surface area (Å²) in [6, 6.07) is 4.95. The van der Waals surface area contributed by atoms with Gasteiger partial charge in [-0.25, -0.2) is 9.78 Å². The number of amides is 2. The van der Waals surface area contributed by atoms with Crippen LogP contribution in [0.15, 0.2) is 29.8 Å². The van der Waals surface area contributed by atoms with E-state index in [1.807, 2.05) is 37.4 Å². The molecular weight excluding hydrogens is 392 g/mol. The first-order valence-electron chi connectivity index (χ1n) is 9.20. The second kappa shape index (κ2) is 8.16. The first-order valence-corrected chi connectivity index (χ1v) is 10.1. The summed E-state index contributed by atoms with van der Waals surface area (Å²) in [5.41, 5.74) is 0.167. The van der Waals surface area contributed by atoms with Gasteiger partial charge in [0, 0.05) is 6.20 Å². The van der Waals surface area contributed by atoms with Crippen LogP contribution in [-0.2, 0) is 9.53 Å². The lowest BCUT2D eigenvalue weighted by molar-refractivity contribution is -0.119. The van der Waals surface area contributed by atoms with Crippen LogP contribution in [0.4, 0.5) is 10.7 Å². The zero-order valence-electron chi connectivity index (χ0n) is 17.0. The lowest BCUT2D eigenvalue weighted by Crippen LogP contribution is -2.48. The van der Waals surface area contributed by atoms with E-state index in [4.69, 9.17) is 4.74 Å². The molecule has 2 amide bonds. The molecule has 0 radical (unpaired) electrons. The zero-order valence-corrected chi connectivity index (χ0v) is 17.8. The minimum atomic E-state index is -0.804. The molecule has 0 saturated carbocycles. The SMILES string of the molecule is CC(C)C(NC(=O)OC(C)(C)C)C(=O)Nc1nc2nccc(-c3cccs3)n2n1. The van der Waals surface area contributed by atoms with Crippen molar-refractivity contribution in [1.82, 2.24) is 24.9 Å². The fourth-order valence-corrected chi connectivity index (χ4v) is 3.35. The van der Waals surface area contributed by atoms with Gasteiger partial charge in [0.1, 0.15) is 11.6 Å². The number of aromatic nitrogens is 4. The molecule has 0 aliphatic rings. The summed E-state index contributed by atoms with van der Waals surface area (Å²) in [6.45, 7) is 8.94. The highest BCUT2D eigenvalue weighted by atomic mass is 32.1. The van der Waals surface area contributed by atoms with Crippen molar-refractivity contribution < 1.29 is 14.3 Å². The normalized spacial score (nSPS) is 12.8. The van der Waals surface area contributed by atoms with Crippen LogP contribution in [0, 0.1) is 5.92 Å². The molecule has 0 aliphatic carbocycles. The third-order valence-corrected chi connectivity index (χ3v) is 4.76. The van der Waals surface area contributed by atoms with Crippen LogP contribution in [0.3, 0.4) is 0 Å². The number of carbonyl (C=O) groups excluding carboxylic acids is 2. The van der Waals surface area contributed by atoms with E-state index in [0.717, 1.165) is 10.6 Å². The Balaban J connectivity index is 1.79. The zero-order chi connectivity index (χ0) is 21.2. The van der Waals surface area contributed by atoms with Crippen molar-refractivity contribution >= 4 is 35.1 Å². The van der Waals surface area contributed by atoms with Crippen LogP contribution >= 0.6 is 11.3 Å². The molecule has 0 spiro atoms. The van der Waals surface area contributed by atoms with Crippen LogP contribution in [0.1, 0.15) is 34.6 Å². The number of nitrogens with zero attached hydrogens (tertiary/aromatic N) is 4. The largest absolute Gasteiger partial charge is 0.444 e. The van der Waals surface area contributed by atoms with Gasteiger partial charge in [0.05, 0.1) is 10.6 Å². The van der Waals surface area contributed by atoms with Gasteiger partial charge in [0.2, 0.25) is 5.91 Å². The van der Waals surface area contributed by atoms with E-state index >= 15 is 0 Å².